The van der Waals surface area contributed by atoms with Crippen molar-refractivity contribution in [2.24, 2.45) is 0 Å². The van der Waals surface area contributed by atoms with Crippen molar-refractivity contribution in [1.29, 1.82) is 0 Å². The van der Waals surface area contributed by atoms with E-state index < -0.39 is 0 Å². The average Bonchev–Trinajstić information content (AvgIpc) is 2.26. The lowest BCUT2D eigenvalue weighted by Gasteiger charge is -2.21. The fourth-order valence-corrected chi connectivity index (χ4v) is 1.80. The van der Waals surface area contributed by atoms with E-state index in [0.717, 1.165) is 12.7 Å². The van der Waals surface area contributed by atoms with Crippen LogP contribution in [0.15, 0.2) is 24.3 Å². The zero-order chi connectivity index (χ0) is 11.3. The molecule has 1 heteroatoms. The van der Waals surface area contributed by atoms with Gasteiger partial charge in [-0.2, -0.15) is 0 Å². The summed E-state index contributed by atoms with van der Waals surface area (Å²) in [5.41, 5.74) is 2.13. The maximum Gasteiger partial charge on any atom is 0.129 e. The van der Waals surface area contributed by atoms with E-state index in [1.165, 1.54) is 24.0 Å². The van der Waals surface area contributed by atoms with Crippen LogP contribution in [0.5, 0.6) is 0 Å². The lowest BCUT2D eigenvalue weighted by molar-refractivity contribution is -0.111. The van der Waals surface area contributed by atoms with Gasteiger partial charge in [0.15, 0.2) is 0 Å². The molecule has 0 N–H and O–H groups in total. The first-order chi connectivity index (χ1) is 7.11. The zero-order valence-corrected chi connectivity index (χ0v) is 9.92. The maximum atomic E-state index is 11.1. The summed E-state index contributed by atoms with van der Waals surface area (Å²) >= 11 is 0. The van der Waals surface area contributed by atoms with Gasteiger partial charge in [-0.3, -0.25) is 0 Å². The molecule has 82 valence electrons. The van der Waals surface area contributed by atoms with Gasteiger partial charge in [-0.05, 0) is 37.8 Å². The first kappa shape index (κ1) is 12.0. The molecule has 0 saturated carbocycles. The molecule has 0 aliphatic carbocycles. The predicted octanol–water partition coefficient (Wildman–Crippen LogP) is 3.51. The van der Waals surface area contributed by atoms with Crippen molar-refractivity contribution in [3.05, 3.63) is 35.4 Å². The molecule has 1 rings (SSSR count). The molecule has 0 fully saturated rings. The van der Waals surface area contributed by atoms with Crippen molar-refractivity contribution in [1.82, 2.24) is 0 Å². The number of aldehydes is 1. The van der Waals surface area contributed by atoms with Crippen LogP contribution in [0.3, 0.4) is 0 Å². The number of unbranched alkanes of at least 4 members (excludes halogenated alkanes) is 1. The Kier molecular flexibility index (Phi) is 4.07. The van der Waals surface area contributed by atoms with Crippen LogP contribution in [-0.2, 0) is 16.6 Å². The van der Waals surface area contributed by atoms with Gasteiger partial charge in [-0.1, -0.05) is 37.6 Å². The second-order valence-electron chi connectivity index (χ2n) is 4.60. The van der Waals surface area contributed by atoms with E-state index in [-0.39, 0.29) is 5.41 Å². The van der Waals surface area contributed by atoms with Crippen molar-refractivity contribution < 1.29 is 4.79 Å². The Morgan fingerprint density at radius 2 is 1.93 bits per heavy atom. The van der Waals surface area contributed by atoms with Crippen molar-refractivity contribution >= 4 is 6.29 Å². The predicted molar refractivity (Wildman–Crippen MR) is 64.1 cm³/mol. The molecule has 1 aromatic rings. The lowest BCUT2D eigenvalue weighted by atomic mass is 9.82. The van der Waals surface area contributed by atoms with E-state index in [0.29, 0.717) is 0 Å². The largest absolute Gasteiger partial charge is 0.302 e. The summed E-state index contributed by atoms with van der Waals surface area (Å²) in [7, 11) is 0. The van der Waals surface area contributed by atoms with E-state index >= 15 is 0 Å². The quantitative estimate of drug-likeness (QED) is 0.671. The monoisotopic (exact) mass is 204 g/mol. The van der Waals surface area contributed by atoms with Crippen LogP contribution in [0, 0.1) is 0 Å². The highest BCUT2D eigenvalue weighted by molar-refractivity contribution is 5.68. The molecule has 0 bridgehead atoms. The first-order valence-electron chi connectivity index (χ1n) is 5.66. The van der Waals surface area contributed by atoms with Crippen LogP contribution in [0.25, 0.3) is 0 Å². The molecular formula is C14H20O. The molecule has 0 unspecified atom stereocenters. The number of aryl methyl sites for hydroxylation is 1. The normalized spacial score (nSPS) is 11.4. The molecule has 1 nitrogen and oxygen atoms in total. The van der Waals surface area contributed by atoms with E-state index in [1.807, 2.05) is 19.9 Å². The molecule has 0 atom stereocenters. The summed E-state index contributed by atoms with van der Waals surface area (Å²) in [6.07, 6.45) is 4.49. The molecule has 0 aliphatic heterocycles. The number of benzene rings is 1. The van der Waals surface area contributed by atoms with Crippen LogP contribution < -0.4 is 0 Å². The summed E-state index contributed by atoms with van der Waals surface area (Å²) in [6, 6.07) is 8.26. The smallest absolute Gasteiger partial charge is 0.129 e. The third kappa shape index (κ3) is 2.92. The number of rotatable bonds is 5. The number of carbonyl (C=O) groups is 1. The minimum Gasteiger partial charge on any atom is -0.302 e. The summed E-state index contributed by atoms with van der Waals surface area (Å²) in [5.74, 6) is 0. The van der Waals surface area contributed by atoms with Gasteiger partial charge in [0.1, 0.15) is 6.29 Å². The fourth-order valence-electron chi connectivity index (χ4n) is 1.80. The molecule has 0 radical (unpaired) electrons. The average molecular weight is 204 g/mol. The molecule has 15 heavy (non-hydrogen) atoms. The van der Waals surface area contributed by atoms with Crippen molar-refractivity contribution in [3.8, 4) is 0 Å². The molecule has 0 aliphatic rings. The van der Waals surface area contributed by atoms with Crippen LogP contribution in [0.4, 0.5) is 0 Å². The third-order valence-electron chi connectivity index (χ3n) is 2.81. The van der Waals surface area contributed by atoms with Crippen LogP contribution in [0.1, 0.15) is 44.7 Å². The van der Waals surface area contributed by atoms with Crippen LogP contribution in [-0.4, -0.2) is 6.29 Å². The Balaban J connectivity index is 3.00. The second kappa shape index (κ2) is 5.11. The van der Waals surface area contributed by atoms with Gasteiger partial charge in [0, 0.05) is 5.41 Å². The minimum atomic E-state index is -0.357. The van der Waals surface area contributed by atoms with E-state index in [4.69, 9.17) is 0 Å². The van der Waals surface area contributed by atoms with Crippen LogP contribution >= 0.6 is 0 Å². The van der Waals surface area contributed by atoms with E-state index in [9.17, 15) is 4.79 Å². The minimum absolute atomic E-state index is 0.357. The number of hydrogen-bond acceptors (Lipinski definition) is 1. The first-order valence-corrected chi connectivity index (χ1v) is 5.66. The molecule has 0 spiro atoms. The molecule has 0 amide bonds. The summed E-state index contributed by atoms with van der Waals surface area (Å²) in [5, 5.41) is 0. The Morgan fingerprint density at radius 1 is 1.27 bits per heavy atom. The number of hydrogen-bond donors (Lipinski definition) is 0. The standard InChI is InChI=1S/C14H20O/c1-4-5-8-12-9-6-7-10-13(12)14(2,3)11-15/h6-7,9-11H,4-5,8H2,1-3H3. The van der Waals surface area contributed by atoms with Crippen molar-refractivity contribution in [2.75, 3.05) is 0 Å². The SMILES string of the molecule is CCCCc1ccccc1C(C)(C)C=O. The molecular weight excluding hydrogens is 184 g/mol. The Bertz CT molecular complexity index is 326. The summed E-state index contributed by atoms with van der Waals surface area (Å²) in [4.78, 5) is 11.1. The molecule has 0 saturated heterocycles. The Morgan fingerprint density at radius 3 is 2.53 bits per heavy atom. The fraction of sp³-hybridized carbons (Fsp3) is 0.500. The topological polar surface area (TPSA) is 17.1 Å². The maximum absolute atomic E-state index is 11.1. The molecule has 0 aromatic heterocycles. The second-order valence-corrected chi connectivity index (χ2v) is 4.60. The zero-order valence-electron chi connectivity index (χ0n) is 9.92. The van der Waals surface area contributed by atoms with Gasteiger partial charge in [0.05, 0.1) is 0 Å². The van der Waals surface area contributed by atoms with Gasteiger partial charge in [0.2, 0.25) is 0 Å². The van der Waals surface area contributed by atoms with Gasteiger partial charge < -0.3 is 4.79 Å². The van der Waals surface area contributed by atoms with Crippen molar-refractivity contribution in [3.63, 3.8) is 0 Å². The summed E-state index contributed by atoms with van der Waals surface area (Å²) < 4.78 is 0. The van der Waals surface area contributed by atoms with Gasteiger partial charge >= 0.3 is 0 Å². The number of carbonyl (C=O) groups excluding carboxylic acids is 1. The molecule has 1 aromatic carbocycles. The highest BCUT2D eigenvalue weighted by Gasteiger charge is 2.21. The summed E-state index contributed by atoms with van der Waals surface area (Å²) in [6.45, 7) is 6.14. The Hall–Kier alpha value is -1.11. The van der Waals surface area contributed by atoms with Gasteiger partial charge in [-0.25, -0.2) is 0 Å². The lowest BCUT2D eigenvalue weighted by Crippen LogP contribution is -2.20. The van der Waals surface area contributed by atoms with Crippen molar-refractivity contribution in [2.45, 2.75) is 45.4 Å². The van der Waals surface area contributed by atoms with E-state index in [2.05, 4.69) is 25.1 Å². The molecule has 0 heterocycles. The van der Waals surface area contributed by atoms with Gasteiger partial charge in [-0.15, -0.1) is 0 Å². The highest BCUT2D eigenvalue weighted by Crippen LogP contribution is 2.25. The van der Waals surface area contributed by atoms with E-state index in [1.54, 1.807) is 0 Å². The third-order valence-corrected chi connectivity index (χ3v) is 2.81. The highest BCUT2D eigenvalue weighted by atomic mass is 16.1. The Labute approximate surface area is 92.5 Å². The van der Waals surface area contributed by atoms with Crippen LogP contribution in [0.2, 0.25) is 0 Å². The van der Waals surface area contributed by atoms with Gasteiger partial charge in [0.25, 0.3) is 0 Å².